The lowest BCUT2D eigenvalue weighted by Gasteiger charge is -2.17. The van der Waals surface area contributed by atoms with Crippen molar-refractivity contribution >= 4 is 12.1 Å². The molecule has 0 aromatic rings. The number of nitrogens with one attached hydrogen (secondary N) is 1. The van der Waals surface area contributed by atoms with Crippen LogP contribution in [0.5, 0.6) is 0 Å². The van der Waals surface area contributed by atoms with E-state index >= 15 is 0 Å². The summed E-state index contributed by atoms with van der Waals surface area (Å²) in [6, 6.07) is -0.636. The van der Waals surface area contributed by atoms with Gasteiger partial charge in [-0.05, 0) is 12.8 Å². The van der Waals surface area contributed by atoms with E-state index in [2.05, 4.69) is 18.8 Å². The molecular weight excluding hydrogens is 402 g/mol. The highest BCUT2D eigenvalue weighted by atomic mass is 16.6. The van der Waals surface area contributed by atoms with E-state index < -0.39 is 12.1 Å². The SMILES string of the molecule is C=CCOC(=O)NC(CCCC)C(=O)OCCCCCCCCCCCCCCCCC. The fourth-order valence-corrected chi connectivity index (χ4v) is 3.72. The Morgan fingerprint density at radius 2 is 1.19 bits per heavy atom. The Morgan fingerprint density at radius 3 is 1.66 bits per heavy atom. The number of hydrogen-bond donors (Lipinski definition) is 1. The minimum absolute atomic E-state index is 0.125. The molecule has 32 heavy (non-hydrogen) atoms. The van der Waals surface area contributed by atoms with Gasteiger partial charge in [-0.3, -0.25) is 0 Å². The van der Waals surface area contributed by atoms with Crippen molar-refractivity contribution in [1.29, 1.82) is 0 Å². The highest BCUT2D eigenvalue weighted by molar-refractivity contribution is 5.81. The summed E-state index contributed by atoms with van der Waals surface area (Å²) in [5.41, 5.74) is 0. The number of carbonyl (C=O) groups is 2. The molecular formula is C27H51NO4. The summed E-state index contributed by atoms with van der Waals surface area (Å²) in [7, 11) is 0. The molecule has 0 heterocycles. The molecule has 0 radical (unpaired) electrons. The summed E-state index contributed by atoms with van der Waals surface area (Å²) in [5.74, 6) is -0.362. The highest BCUT2D eigenvalue weighted by Gasteiger charge is 2.22. The van der Waals surface area contributed by atoms with Gasteiger partial charge in [-0.25, -0.2) is 9.59 Å². The second kappa shape index (κ2) is 24.1. The standard InChI is InChI=1S/C27H51NO4/c1-4-7-9-10-11-12-13-14-15-16-17-18-19-20-21-24-31-26(29)25(22-8-5-2)28-27(30)32-23-6-3/h6,25H,3-5,7-24H2,1-2H3,(H,28,30). The van der Waals surface area contributed by atoms with E-state index in [1.807, 2.05) is 6.92 Å². The zero-order chi connectivity index (χ0) is 23.7. The molecule has 1 unspecified atom stereocenters. The molecule has 0 fully saturated rings. The molecule has 0 aromatic carbocycles. The molecule has 0 spiro atoms. The first-order valence-electron chi connectivity index (χ1n) is 13.4. The first-order chi connectivity index (χ1) is 15.7. The molecule has 0 aliphatic heterocycles. The Labute approximate surface area is 198 Å². The summed E-state index contributed by atoms with van der Waals surface area (Å²) >= 11 is 0. The third kappa shape index (κ3) is 20.4. The molecule has 0 rings (SSSR count). The molecule has 1 N–H and O–H groups in total. The Kier molecular flexibility index (Phi) is 23.0. The molecule has 1 atom stereocenters. The van der Waals surface area contributed by atoms with Crippen LogP contribution in [0.15, 0.2) is 12.7 Å². The Bertz CT molecular complexity index is 453. The largest absolute Gasteiger partial charge is 0.464 e. The smallest absolute Gasteiger partial charge is 0.408 e. The number of hydrogen-bond acceptors (Lipinski definition) is 4. The minimum atomic E-state index is -0.636. The van der Waals surface area contributed by atoms with Crippen LogP contribution in [-0.2, 0) is 14.3 Å². The number of ether oxygens (including phenoxy) is 2. The molecule has 0 saturated carbocycles. The van der Waals surface area contributed by atoms with Gasteiger partial charge in [0.25, 0.3) is 0 Å². The lowest BCUT2D eigenvalue weighted by atomic mass is 10.0. The summed E-state index contributed by atoms with van der Waals surface area (Å²) < 4.78 is 10.3. The van der Waals surface area contributed by atoms with E-state index in [0.29, 0.717) is 13.0 Å². The van der Waals surface area contributed by atoms with Crippen molar-refractivity contribution < 1.29 is 19.1 Å². The first kappa shape index (κ1) is 30.5. The third-order valence-electron chi connectivity index (χ3n) is 5.75. The second-order valence-corrected chi connectivity index (χ2v) is 8.84. The number of esters is 1. The van der Waals surface area contributed by atoms with Gasteiger partial charge in [0.15, 0.2) is 0 Å². The van der Waals surface area contributed by atoms with Crippen molar-refractivity contribution in [2.24, 2.45) is 0 Å². The summed E-state index contributed by atoms with van der Waals surface area (Å²) in [6.45, 7) is 8.37. The summed E-state index contributed by atoms with van der Waals surface area (Å²) in [4.78, 5) is 24.0. The lowest BCUT2D eigenvalue weighted by Crippen LogP contribution is -2.42. The number of rotatable bonds is 23. The van der Waals surface area contributed by atoms with Crippen molar-refractivity contribution in [3.63, 3.8) is 0 Å². The number of unbranched alkanes of at least 4 members (excludes halogenated alkanes) is 15. The van der Waals surface area contributed by atoms with E-state index in [1.165, 1.54) is 89.5 Å². The second-order valence-electron chi connectivity index (χ2n) is 8.84. The van der Waals surface area contributed by atoms with Gasteiger partial charge >= 0.3 is 12.1 Å². The Balaban J connectivity index is 3.62. The van der Waals surface area contributed by atoms with Crippen molar-refractivity contribution in [1.82, 2.24) is 5.32 Å². The van der Waals surface area contributed by atoms with Gasteiger partial charge in [-0.1, -0.05) is 129 Å². The zero-order valence-electron chi connectivity index (χ0n) is 21.1. The van der Waals surface area contributed by atoms with Crippen molar-refractivity contribution in [2.75, 3.05) is 13.2 Å². The van der Waals surface area contributed by atoms with Crippen LogP contribution in [0.25, 0.3) is 0 Å². The van der Waals surface area contributed by atoms with Crippen LogP contribution in [0.1, 0.15) is 129 Å². The quantitative estimate of drug-likeness (QED) is 0.0971. The molecule has 188 valence electrons. The molecule has 0 aliphatic rings. The van der Waals surface area contributed by atoms with Gasteiger partial charge in [0.1, 0.15) is 12.6 Å². The van der Waals surface area contributed by atoms with Crippen LogP contribution in [0.3, 0.4) is 0 Å². The van der Waals surface area contributed by atoms with Crippen LogP contribution in [0.4, 0.5) is 4.79 Å². The van der Waals surface area contributed by atoms with E-state index in [0.717, 1.165) is 25.7 Å². The summed E-state index contributed by atoms with van der Waals surface area (Å²) in [5, 5.41) is 2.61. The predicted octanol–water partition coefficient (Wildman–Crippen LogP) is 7.87. The fraction of sp³-hybridized carbons (Fsp3) is 0.852. The maximum absolute atomic E-state index is 12.3. The van der Waals surface area contributed by atoms with Crippen LogP contribution >= 0.6 is 0 Å². The topological polar surface area (TPSA) is 64.6 Å². The Hall–Kier alpha value is -1.52. The van der Waals surface area contributed by atoms with Gasteiger partial charge in [0.05, 0.1) is 6.61 Å². The molecule has 1 amide bonds. The van der Waals surface area contributed by atoms with Crippen molar-refractivity contribution in [3.8, 4) is 0 Å². The molecule has 0 aromatic heterocycles. The monoisotopic (exact) mass is 453 g/mol. The first-order valence-corrected chi connectivity index (χ1v) is 13.4. The molecule has 0 aliphatic carbocycles. The predicted molar refractivity (Wildman–Crippen MR) is 134 cm³/mol. The van der Waals surface area contributed by atoms with Crippen LogP contribution in [-0.4, -0.2) is 31.3 Å². The zero-order valence-corrected chi connectivity index (χ0v) is 21.1. The van der Waals surface area contributed by atoms with Crippen LogP contribution in [0, 0.1) is 0 Å². The van der Waals surface area contributed by atoms with Gasteiger partial charge in [0.2, 0.25) is 0 Å². The van der Waals surface area contributed by atoms with Crippen LogP contribution < -0.4 is 5.32 Å². The van der Waals surface area contributed by atoms with E-state index in [9.17, 15) is 9.59 Å². The number of carbonyl (C=O) groups excluding carboxylic acids is 2. The van der Waals surface area contributed by atoms with Gasteiger partial charge in [-0.2, -0.15) is 0 Å². The fourth-order valence-electron chi connectivity index (χ4n) is 3.72. The summed E-state index contributed by atoms with van der Waals surface area (Å²) in [6.07, 6.45) is 22.9. The number of alkyl carbamates (subject to hydrolysis) is 1. The van der Waals surface area contributed by atoms with Gasteiger partial charge in [-0.15, -0.1) is 0 Å². The van der Waals surface area contributed by atoms with E-state index in [4.69, 9.17) is 9.47 Å². The molecule has 0 saturated heterocycles. The van der Waals surface area contributed by atoms with Crippen molar-refractivity contribution in [3.05, 3.63) is 12.7 Å². The Morgan fingerprint density at radius 1 is 0.719 bits per heavy atom. The van der Waals surface area contributed by atoms with Crippen LogP contribution in [0.2, 0.25) is 0 Å². The number of amides is 1. The lowest BCUT2D eigenvalue weighted by molar-refractivity contribution is -0.146. The average Bonchev–Trinajstić information content (AvgIpc) is 2.79. The van der Waals surface area contributed by atoms with Gasteiger partial charge < -0.3 is 14.8 Å². The van der Waals surface area contributed by atoms with Crippen molar-refractivity contribution in [2.45, 2.75) is 135 Å². The minimum Gasteiger partial charge on any atom is -0.464 e. The molecule has 5 nitrogen and oxygen atoms in total. The normalized spacial score (nSPS) is 11.7. The molecule has 0 bridgehead atoms. The maximum atomic E-state index is 12.3. The van der Waals surface area contributed by atoms with Gasteiger partial charge in [0, 0.05) is 0 Å². The third-order valence-corrected chi connectivity index (χ3v) is 5.75. The van der Waals surface area contributed by atoms with E-state index in [1.54, 1.807) is 0 Å². The van der Waals surface area contributed by atoms with E-state index in [-0.39, 0.29) is 12.6 Å². The maximum Gasteiger partial charge on any atom is 0.408 e. The highest BCUT2D eigenvalue weighted by Crippen LogP contribution is 2.13. The molecule has 5 heteroatoms. The average molecular weight is 454 g/mol.